The maximum absolute atomic E-state index is 9.76. The Kier molecular flexibility index (Phi) is 2.12. The summed E-state index contributed by atoms with van der Waals surface area (Å²) < 4.78 is 0. The molecule has 66 valence electrons. The summed E-state index contributed by atoms with van der Waals surface area (Å²) in [4.78, 5) is 4.25. The number of nitrogens with zero attached hydrogens (tertiary/aromatic N) is 1. The number of aryl methyl sites for hydroxylation is 1. The molecule has 0 radical (unpaired) electrons. The minimum atomic E-state index is -0.365. The van der Waals surface area contributed by atoms with E-state index in [1.54, 1.807) is 11.3 Å². The van der Waals surface area contributed by atoms with E-state index in [-0.39, 0.29) is 6.10 Å². The molecule has 2 rings (SSSR count). The van der Waals surface area contributed by atoms with E-state index in [9.17, 15) is 5.11 Å². The van der Waals surface area contributed by atoms with Crippen LogP contribution in [0.15, 0.2) is 5.38 Å². The molecule has 0 amide bonds. The largest absolute Gasteiger partial charge is 0.386 e. The second-order valence-corrected chi connectivity index (χ2v) is 4.22. The van der Waals surface area contributed by atoms with Crippen LogP contribution in [0, 0.1) is 12.8 Å². The van der Waals surface area contributed by atoms with Crippen molar-refractivity contribution in [3.8, 4) is 0 Å². The van der Waals surface area contributed by atoms with Crippen molar-refractivity contribution >= 4 is 11.3 Å². The highest BCUT2D eigenvalue weighted by Crippen LogP contribution is 2.25. The summed E-state index contributed by atoms with van der Waals surface area (Å²) in [5.41, 5.74) is 0.837. The maximum Gasteiger partial charge on any atom is 0.102 e. The van der Waals surface area contributed by atoms with Gasteiger partial charge < -0.3 is 10.4 Å². The Balaban J connectivity index is 2.08. The van der Waals surface area contributed by atoms with Crippen molar-refractivity contribution in [2.24, 2.45) is 5.92 Å². The van der Waals surface area contributed by atoms with Crippen LogP contribution in [0.1, 0.15) is 16.8 Å². The molecule has 0 saturated carbocycles. The first-order chi connectivity index (χ1) is 5.77. The zero-order chi connectivity index (χ0) is 8.55. The normalized spacial score (nSPS) is 20.5. The van der Waals surface area contributed by atoms with Crippen molar-refractivity contribution in [3.63, 3.8) is 0 Å². The van der Waals surface area contributed by atoms with Gasteiger partial charge in [-0.1, -0.05) is 0 Å². The fraction of sp³-hybridized carbons (Fsp3) is 0.625. The minimum Gasteiger partial charge on any atom is -0.386 e. The van der Waals surface area contributed by atoms with Gasteiger partial charge in [-0.05, 0) is 6.92 Å². The van der Waals surface area contributed by atoms with Crippen LogP contribution in [0.2, 0.25) is 0 Å². The third-order valence-corrected chi connectivity index (χ3v) is 2.99. The smallest absolute Gasteiger partial charge is 0.102 e. The van der Waals surface area contributed by atoms with Gasteiger partial charge in [0.25, 0.3) is 0 Å². The fourth-order valence-corrected chi connectivity index (χ4v) is 1.93. The van der Waals surface area contributed by atoms with Gasteiger partial charge in [-0.15, -0.1) is 11.3 Å². The molecule has 1 aromatic heterocycles. The summed E-state index contributed by atoms with van der Waals surface area (Å²) in [7, 11) is 0. The second-order valence-electron chi connectivity index (χ2n) is 3.15. The van der Waals surface area contributed by atoms with E-state index >= 15 is 0 Å². The van der Waals surface area contributed by atoms with Gasteiger partial charge in [0.05, 0.1) is 10.7 Å². The van der Waals surface area contributed by atoms with E-state index in [1.807, 2.05) is 12.3 Å². The molecule has 4 heteroatoms. The van der Waals surface area contributed by atoms with E-state index in [4.69, 9.17) is 0 Å². The van der Waals surface area contributed by atoms with E-state index < -0.39 is 0 Å². The highest BCUT2D eigenvalue weighted by molar-refractivity contribution is 7.09. The van der Waals surface area contributed by atoms with Gasteiger partial charge in [0.1, 0.15) is 6.10 Å². The van der Waals surface area contributed by atoms with Gasteiger partial charge in [-0.25, -0.2) is 4.98 Å². The van der Waals surface area contributed by atoms with Crippen LogP contribution in [0.25, 0.3) is 0 Å². The molecule has 2 heterocycles. The summed E-state index contributed by atoms with van der Waals surface area (Å²) in [6.45, 7) is 3.79. The molecule has 1 aliphatic heterocycles. The molecular formula is C8H12N2OS. The fourth-order valence-electron chi connectivity index (χ4n) is 1.29. The van der Waals surface area contributed by atoms with Gasteiger partial charge in [0.2, 0.25) is 0 Å². The van der Waals surface area contributed by atoms with E-state index in [0.717, 1.165) is 23.8 Å². The molecule has 12 heavy (non-hydrogen) atoms. The number of aliphatic hydroxyl groups is 1. The molecule has 0 bridgehead atoms. The number of aromatic nitrogens is 1. The van der Waals surface area contributed by atoms with Crippen LogP contribution < -0.4 is 5.32 Å². The zero-order valence-corrected chi connectivity index (χ0v) is 7.77. The number of hydrogen-bond donors (Lipinski definition) is 2. The monoisotopic (exact) mass is 184 g/mol. The molecule has 1 saturated heterocycles. The van der Waals surface area contributed by atoms with E-state index in [2.05, 4.69) is 10.3 Å². The standard InChI is InChI=1S/C8H12N2OS/c1-5-10-7(4-12-5)8(11)6-2-9-3-6/h4,6,8-9,11H,2-3H2,1H3. The van der Waals surface area contributed by atoms with Gasteiger partial charge in [0, 0.05) is 24.4 Å². The summed E-state index contributed by atoms with van der Waals surface area (Å²) >= 11 is 1.59. The summed E-state index contributed by atoms with van der Waals surface area (Å²) in [6.07, 6.45) is -0.365. The number of aliphatic hydroxyl groups excluding tert-OH is 1. The van der Waals surface area contributed by atoms with Crippen LogP contribution in [0.4, 0.5) is 0 Å². The topological polar surface area (TPSA) is 45.2 Å². The van der Waals surface area contributed by atoms with Crippen LogP contribution in [-0.2, 0) is 0 Å². The average Bonchev–Trinajstić information content (AvgIpc) is 2.31. The lowest BCUT2D eigenvalue weighted by atomic mass is 9.95. The molecule has 1 aromatic rings. The SMILES string of the molecule is Cc1nc(C(O)C2CNC2)cs1. The first-order valence-corrected chi connectivity index (χ1v) is 4.96. The summed E-state index contributed by atoms with van der Waals surface area (Å²) in [6, 6.07) is 0. The van der Waals surface area contributed by atoms with Gasteiger partial charge in [-0.2, -0.15) is 0 Å². The van der Waals surface area contributed by atoms with Crippen LogP contribution in [-0.4, -0.2) is 23.2 Å². The Hall–Kier alpha value is -0.450. The predicted molar refractivity (Wildman–Crippen MR) is 48.2 cm³/mol. The first kappa shape index (κ1) is 8.16. The number of nitrogens with one attached hydrogen (secondary N) is 1. The Morgan fingerprint density at radius 1 is 1.75 bits per heavy atom. The molecule has 1 unspecified atom stereocenters. The number of thiazole rings is 1. The Morgan fingerprint density at radius 2 is 2.50 bits per heavy atom. The first-order valence-electron chi connectivity index (χ1n) is 4.08. The van der Waals surface area contributed by atoms with Crippen molar-refractivity contribution < 1.29 is 5.11 Å². The van der Waals surface area contributed by atoms with Crippen LogP contribution >= 0.6 is 11.3 Å². The molecular weight excluding hydrogens is 172 g/mol. The second kappa shape index (κ2) is 3.12. The summed E-state index contributed by atoms with van der Waals surface area (Å²) in [5.74, 6) is 0.367. The van der Waals surface area contributed by atoms with Crippen molar-refractivity contribution in [1.29, 1.82) is 0 Å². The lowest BCUT2D eigenvalue weighted by Gasteiger charge is -2.30. The molecule has 0 aromatic carbocycles. The molecule has 1 atom stereocenters. The molecule has 1 fully saturated rings. The van der Waals surface area contributed by atoms with Crippen molar-refractivity contribution in [3.05, 3.63) is 16.1 Å². The predicted octanol–water partition coefficient (Wildman–Crippen LogP) is 0.704. The third kappa shape index (κ3) is 1.37. The number of hydrogen-bond acceptors (Lipinski definition) is 4. The van der Waals surface area contributed by atoms with Gasteiger partial charge in [0.15, 0.2) is 0 Å². The Labute approximate surface area is 75.5 Å². The molecule has 3 nitrogen and oxygen atoms in total. The van der Waals surface area contributed by atoms with Gasteiger partial charge >= 0.3 is 0 Å². The third-order valence-electron chi connectivity index (χ3n) is 2.20. The highest BCUT2D eigenvalue weighted by Gasteiger charge is 2.27. The Bertz CT molecular complexity index is 270. The minimum absolute atomic E-state index is 0.365. The Morgan fingerprint density at radius 3 is 2.92 bits per heavy atom. The van der Waals surface area contributed by atoms with Crippen molar-refractivity contribution in [1.82, 2.24) is 10.3 Å². The lowest BCUT2D eigenvalue weighted by Crippen LogP contribution is -2.45. The molecule has 1 aliphatic rings. The molecule has 0 spiro atoms. The lowest BCUT2D eigenvalue weighted by molar-refractivity contribution is 0.0735. The van der Waals surface area contributed by atoms with Crippen LogP contribution in [0.5, 0.6) is 0 Å². The molecule has 0 aliphatic carbocycles. The van der Waals surface area contributed by atoms with Crippen molar-refractivity contribution in [2.75, 3.05) is 13.1 Å². The maximum atomic E-state index is 9.76. The quantitative estimate of drug-likeness (QED) is 0.711. The van der Waals surface area contributed by atoms with Crippen molar-refractivity contribution in [2.45, 2.75) is 13.0 Å². The molecule has 2 N–H and O–H groups in total. The summed E-state index contributed by atoms with van der Waals surface area (Å²) in [5, 5.41) is 15.9. The van der Waals surface area contributed by atoms with Crippen LogP contribution in [0.3, 0.4) is 0 Å². The highest BCUT2D eigenvalue weighted by atomic mass is 32.1. The van der Waals surface area contributed by atoms with E-state index in [0.29, 0.717) is 5.92 Å². The number of rotatable bonds is 2. The zero-order valence-electron chi connectivity index (χ0n) is 6.95. The average molecular weight is 184 g/mol. The van der Waals surface area contributed by atoms with Gasteiger partial charge in [-0.3, -0.25) is 0 Å². The van der Waals surface area contributed by atoms with E-state index in [1.165, 1.54) is 0 Å².